The molecule has 0 atom stereocenters. The smallest absolute Gasteiger partial charge is 0.253 e. The highest BCUT2D eigenvalue weighted by Crippen LogP contribution is 2.14. The lowest BCUT2D eigenvalue weighted by Gasteiger charge is -2.17. The fourth-order valence-corrected chi connectivity index (χ4v) is 3.15. The monoisotopic (exact) mass is 345 g/mol. The van der Waals surface area contributed by atoms with E-state index >= 15 is 0 Å². The number of amides is 1. The van der Waals surface area contributed by atoms with Gasteiger partial charge in [0.25, 0.3) is 5.91 Å². The van der Waals surface area contributed by atoms with Gasteiger partial charge in [-0.15, -0.1) is 6.58 Å². The van der Waals surface area contributed by atoms with Gasteiger partial charge in [-0.3, -0.25) is 9.78 Å². The summed E-state index contributed by atoms with van der Waals surface area (Å²) in [6.07, 6.45) is 4.80. The normalized spacial score (nSPS) is 11.0. The Morgan fingerprint density at radius 3 is 2.79 bits per heavy atom. The van der Waals surface area contributed by atoms with E-state index in [1.54, 1.807) is 37.6 Å². The zero-order chi connectivity index (χ0) is 17.6. The molecule has 6 nitrogen and oxygen atoms in total. The third kappa shape index (κ3) is 4.50. The van der Waals surface area contributed by atoms with E-state index in [2.05, 4.69) is 16.3 Å². The number of pyridine rings is 1. The number of sulfonamides is 1. The third-order valence-corrected chi connectivity index (χ3v) is 4.72. The molecule has 0 saturated heterocycles. The summed E-state index contributed by atoms with van der Waals surface area (Å²) in [7, 11) is -2.01. The van der Waals surface area contributed by atoms with Gasteiger partial charge in [0.15, 0.2) is 0 Å². The van der Waals surface area contributed by atoms with Crippen LogP contribution >= 0.6 is 0 Å². The number of carbonyl (C=O) groups is 1. The summed E-state index contributed by atoms with van der Waals surface area (Å²) in [5.74, 6) is -0.264. The number of carbonyl (C=O) groups excluding carboxylic acids is 1. The minimum atomic E-state index is -3.67. The Morgan fingerprint density at radius 1 is 1.33 bits per heavy atom. The number of nitrogens with zero attached hydrogens (tertiary/aromatic N) is 2. The van der Waals surface area contributed by atoms with Gasteiger partial charge in [0.05, 0.1) is 4.90 Å². The first kappa shape index (κ1) is 17.8. The second kappa shape index (κ2) is 7.85. The van der Waals surface area contributed by atoms with Crippen LogP contribution in [0.15, 0.2) is 66.3 Å². The van der Waals surface area contributed by atoms with E-state index in [0.29, 0.717) is 12.1 Å². The molecule has 0 unspecified atom stereocenters. The molecule has 0 saturated carbocycles. The fraction of sp³-hybridized carbons (Fsp3) is 0.176. The van der Waals surface area contributed by atoms with E-state index < -0.39 is 10.0 Å². The first-order chi connectivity index (χ1) is 11.4. The maximum atomic E-state index is 12.5. The summed E-state index contributed by atoms with van der Waals surface area (Å²) in [5.41, 5.74) is 1.20. The highest BCUT2D eigenvalue weighted by Gasteiger charge is 2.17. The molecule has 1 heterocycles. The van der Waals surface area contributed by atoms with Crippen LogP contribution in [0.25, 0.3) is 0 Å². The van der Waals surface area contributed by atoms with Crippen molar-refractivity contribution in [2.24, 2.45) is 0 Å². The number of rotatable bonds is 7. The summed E-state index contributed by atoms with van der Waals surface area (Å²) in [4.78, 5) is 18.1. The van der Waals surface area contributed by atoms with E-state index in [0.717, 1.165) is 5.56 Å². The molecule has 1 amide bonds. The molecule has 0 aliphatic rings. The molecule has 0 aliphatic carbocycles. The van der Waals surface area contributed by atoms with Crippen molar-refractivity contribution >= 4 is 15.9 Å². The molecule has 24 heavy (non-hydrogen) atoms. The van der Waals surface area contributed by atoms with E-state index in [-0.39, 0.29) is 17.3 Å². The highest BCUT2D eigenvalue weighted by molar-refractivity contribution is 7.89. The van der Waals surface area contributed by atoms with Gasteiger partial charge in [0, 0.05) is 38.1 Å². The molecule has 2 aromatic rings. The van der Waals surface area contributed by atoms with Gasteiger partial charge in [-0.05, 0) is 29.8 Å². The average Bonchev–Trinajstić information content (AvgIpc) is 2.60. The number of hydrogen-bond donors (Lipinski definition) is 1. The molecule has 0 spiro atoms. The van der Waals surface area contributed by atoms with Crippen LogP contribution in [0, 0.1) is 0 Å². The quantitative estimate of drug-likeness (QED) is 0.776. The molecule has 2 rings (SSSR count). The van der Waals surface area contributed by atoms with E-state index in [1.165, 1.54) is 23.1 Å². The molecule has 0 bridgehead atoms. The van der Waals surface area contributed by atoms with Crippen molar-refractivity contribution in [1.29, 1.82) is 0 Å². The predicted octanol–water partition coefficient (Wildman–Crippen LogP) is 1.82. The summed E-state index contributed by atoms with van der Waals surface area (Å²) >= 11 is 0. The Kier molecular flexibility index (Phi) is 5.83. The molecule has 0 radical (unpaired) electrons. The van der Waals surface area contributed by atoms with Crippen molar-refractivity contribution in [3.05, 3.63) is 72.6 Å². The second-order valence-corrected chi connectivity index (χ2v) is 6.96. The van der Waals surface area contributed by atoms with Crippen LogP contribution in [-0.2, 0) is 16.6 Å². The topological polar surface area (TPSA) is 79.4 Å². The van der Waals surface area contributed by atoms with E-state index in [4.69, 9.17) is 0 Å². The van der Waals surface area contributed by atoms with Crippen LogP contribution < -0.4 is 4.72 Å². The van der Waals surface area contributed by atoms with E-state index in [1.807, 2.05) is 6.07 Å². The summed E-state index contributed by atoms with van der Waals surface area (Å²) in [6, 6.07) is 9.63. The van der Waals surface area contributed by atoms with Crippen molar-refractivity contribution in [2.45, 2.75) is 11.4 Å². The molecule has 1 aromatic heterocycles. The highest BCUT2D eigenvalue weighted by atomic mass is 32.2. The van der Waals surface area contributed by atoms with Gasteiger partial charge >= 0.3 is 0 Å². The average molecular weight is 345 g/mol. The predicted molar refractivity (Wildman–Crippen MR) is 91.9 cm³/mol. The lowest BCUT2D eigenvalue weighted by atomic mass is 10.2. The van der Waals surface area contributed by atoms with Crippen LogP contribution in [0.5, 0.6) is 0 Å². The third-order valence-electron chi connectivity index (χ3n) is 3.30. The Bertz CT molecular complexity index is 820. The molecule has 7 heteroatoms. The second-order valence-electron chi connectivity index (χ2n) is 5.19. The number of hydrogen-bond acceptors (Lipinski definition) is 4. The number of aromatic nitrogens is 1. The first-order valence-electron chi connectivity index (χ1n) is 7.29. The van der Waals surface area contributed by atoms with Crippen molar-refractivity contribution in [2.75, 3.05) is 13.6 Å². The van der Waals surface area contributed by atoms with Crippen LogP contribution in [0.3, 0.4) is 0 Å². The van der Waals surface area contributed by atoms with Gasteiger partial charge < -0.3 is 4.90 Å². The zero-order valence-electron chi connectivity index (χ0n) is 13.3. The maximum absolute atomic E-state index is 12.5. The van der Waals surface area contributed by atoms with Crippen molar-refractivity contribution in [3.63, 3.8) is 0 Å². The van der Waals surface area contributed by atoms with Gasteiger partial charge in [0.1, 0.15) is 0 Å². The van der Waals surface area contributed by atoms with Gasteiger partial charge in [0.2, 0.25) is 10.0 Å². The molecule has 126 valence electrons. The molecule has 1 aromatic carbocycles. The summed E-state index contributed by atoms with van der Waals surface area (Å²) in [5, 5.41) is 0. The Labute approximate surface area is 141 Å². The first-order valence-corrected chi connectivity index (χ1v) is 8.77. The van der Waals surface area contributed by atoms with Gasteiger partial charge in [-0.2, -0.15) is 0 Å². The standard InChI is InChI=1S/C17H19N3O3S/c1-3-9-19-24(22,23)16-8-4-7-15(11-16)17(21)20(2)13-14-6-5-10-18-12-14/h3-8,10-12,19H,1,9,13H2,2H3. The molecular formula is C17H19N3O3S. The van der Waals surface area contributed by atoms with E-state index in [9.17, 15) is 13.2 Å². The largest absolute Gasteiger partial charge is 0.337 e. The Balaban J connectivity index is 2.18. The minimum absolute atomic E-state index is 0.0463. The van der Waals surface area contributed by atoms with Crippen LogP contribution in [0.1, 0.15) is 15.9 Å². The number of nitrogens with one attached hydrogen (secondary N) is 1. The number of benzene rings is 1. The van der Waals surface area contributed by atoms with Crippen molar-refractivity contribution in [1.82, 2.24) is 14.6 Å². The lowest BCUT2D eigenvalue weighted by Crippen LogP contribution is -2.27. The molecule has 0 aliphatic heterocycles. The van der Waals surface area contributed by atoms with Crippen molar-refractivity contribution in [3.8, 4) is 0 Å². The maximum Gasteiger partial charge on any atom is 0.253 e. The minimum Gasteiger partial charge on any atom is -0.337 e. The molecule has 0 fully saturated rings. The van der Waals surface area contributed by atoms with Crippen molar-refractivity contribution < 1.29 is 13.2 Å². The van der Waals surface area contributed by atoms with Crippen LogP contribution in [0.4, 0.5) is 0 Å². The Morgan fingerprint density at radius 2 is 2.12 bits per heavy atom. The van der Waals surface area contributed by atoms with Gasteiger partial charge in [-0.1, -0.05) is 18.2 Å². The summed E-state index contributed by atoms with van der Waals surface area (Å²) < 4.78 is 26.7. The van der Waals surface area contributed by atoms with Crippen LogP contribution in [-0.4, -0.2) is 37.8 Å². The summed E-state index contributed by atoms with van der Waals surface area (Å²) in [6.45, 7) is 3.99. The molecule has 1 N–H and O–H groups in total. The SMILES string of the molecule is C=CCNS(=O)(=O)c1cccc(C(=O)N(C)Cc2cccnc2)c1. The molecular weight excluding hydrogens is 326 g/mol. The lowest BCUT2D eigenvalue weighted by molar-refractivity contribution is 0.0784. The Hall–Kier alpha value is -2.51. The zero-order valence-corrected chi connectivity index (χ0v) is 14.2. The van der Waals surface area contributed by atoms with Crippen LogP contribution in [0.2, 0.25) is 0 Å². The fourth-order valence-electron chi connectivity index (χ4n) is 2.11. The van der Waals surface area contributed by atoms with Gasteiger partial charge in [-0.25, -0.2) is 13.1 Å².